The number of halogens is 1. The molecule has 0 radical (unpaired) electrons. The van der Waals surface area contributed by atoms with E-state index in [2.05, 4.69) is 30.9 Å². The van der Waals surface area contributed by atoms with Gasteiger partial charge in [-0.3, -0.25) is 9.69 Å². The van der Waals surface area contributed by atoms with E-state index in [0.29, 0.717) is 25.1 Å². The molecule has 1 aliphatic heterocycles. The average molecular weight is 463 g/mol. The van der Waals surface area contributed by atoms with Gasteiger partial charge in [0.15, 0.2) is 0 Å². The highest BCUT2D eigenvalue weighted by Gasteiger charge is 2.37. The first-order chi connectivity index (χ1) is 14.9. The van der Waals surface area contributed by atoms with E-state index in [1.54, 1.807) is 0 Å². The van der Waals surface area contributed by atoms with Gasteiger partial charge in [-0.1, -0.05) is 23.7 Å². The Hall–Kier alpha value is -1.47. The minimum Gasteiger partial charge on any atom is -0.481 e. The number of carboxylic acids is 1. The zero-order chi connectivity index (χ0) is 22.0. The van der Waals surface area contributed by atoms with Crippen molar-refractivity contribution in [1.82, 2.24) is 9.88 Å². The number of thiazole rings is 1. The van der Waals surface area contributed by atoms with Crippen LogP contribution in [0.15, 0.2) is 24.3 Å². The van der Waals surface area contributed by atoms with E-state index in [4.69, 9.17) is 21.3 Å². The molecular formula is C24H31ClN2O3S. The van der Waals surface area contributed by atoms with Crippen molar-refractivity contribution < 1.29 is 14.6 Å². The molecule has 2 unspecified atom stereocenters. The van der Waals surface area contributed by atoms with Crippen molar-refractivity contribution in [2.24, 2.45) is 0 Å². The number of hydrogen-bond donors (Lipinski definition) is 1. The molecule has 168 valence electrons. The molecule has 31 heavy (non-hydrogen) atoms. The molecule has 2 fully saturated rings. The van der Waals surface area contributed by atoms with Crippen LogP contribution in [0, 0.1) is 13.8 Å². The van der Waals surface area contributed by atoms with E-state index in [1.165, 1.54) is 15.4 Å². The third-order valence-electron chi connectivity index (χ3n) is 6.75. The van der Waals surface area contributed by atoms with Crippen molar-refractivity contribution in [3.8, 4) is 0 Å². The molecule has 1 saturated heterocycles. The van der Waals surface area contributed by atoms with Crippen molar-refractivity contribution >= 4 is 28.9 Å². The second kappa shape index (κ2) is 9.99. The third-order valence-corrected chi connectivity index (χ3v) is 8.24. The van der Waals surface area contributed by atoms with E-state index in [0.717, 1.165) is 42.8 Å². The Labute approximate surface area is 193 Å². The van der Waals surface area contributed by atoms with Gasteiger partial charge in [-0.2, -0.15) is 0 Å². The van der Waals surface area contributed by atoms with Gasteiger partial charge in [-0.15, -0.1) is 11.3 Å². The van der Waals surface area contributed by atoms with Crippen LogP contribution in [-0.2, 0) is 16.0 Å². The minimum atomic E-state index is -0.792. The summed E-state index contributed by atoms with van der Waals surface area (Å²) in [4.78, 5) is 19.9. The van der Waals surface area contributed by atoms with Gasteiger partial charge in [0, 0.05) is 34.4 Å². The van der Waals surface area contributed by atoms with Crippen molar-refractivity contribution in [2.75, 3.05) is 13.2 Å². The summed E-state index contributed by atoms with van der Waals surface area (Å²) in [6.45, 7) is 5.51. The summed E-state index contributed by atoms with van der Waals surface area (Å²) < 4.78 is 5.97. The molecule has 4 rings (SSSR count). The van der Waals surface area contributed by atoms with Gasteiger partial charge in [0.2, 0.25) is 0 Å². The predicted octanol–water partition coefficient (Wildman–Crippen LogP) is 5.23. The maximum Gasteiger partial charge on any atom is 0.306 e. The van der Waals surface area contributed by atoms with Gasteiger partial charge in [-0.05, 0) is 63.6 Å². The summed E-state index contributed by atoms with van der Waals surface area (Å²) in [7, 11) is 0. The number of nitrogens with zero attached hydrogens (tertiary/aromatic N) is 2. The summed E-state index contributed by atoms with van der Waals surface area (Å²) in [5.74, 6) is -0.237. The quantitative estimate of drug-likeness (QED) is 0.637. The number of carboxylic acid groups (broad SMARTS) is 1. The highest BCUT2D eigenvalue weighted by Crippen LogP contribution is 2.38. The Kier molecular flexibility index (Phi) is 7.32. The Morgan fingerprint density at radius 2 is 1.94 bits per heavy atom. The summed E-state index contributed by atoms with van der Waals surface area (Å²) in [6, 6.07) is 8.75. The maximum absolute atomic E-state index is 11.3. The van der Waals surface area contributed by atoms with E-state index in [9.17, 15) is 9.90 Å². The third kappa shape index (κ3) is 5.67. The zero-order valence-electron chi connectivity index (χ0n) is 18.2. The van der Waals surface area contributed by atoms with Crippen LogP contribution in [-0.4, -0.2) is 52.3 Å². The zero-order valence-corrected chi connectivity index (χ0v) is 19.8. The molecule has 1 aliphatic carbocycles. The number of aryl methyl sites for hydroxylation is 2. The van der Waals surface area contributed by atoms with E-state index < -0.39 is 5.97 Å². The summed E-state index contributed by atoms with van der Waals surface area (Å²) in [5.41, 5.74) is 2.40. The van der Waals surface area contributed by atoms with Crippen LogP contribution in [0.1, 0.15) is 59.2 Å². The van der Waals surface area contributed by atoms with Gasteiger partial charge in [-0.25, -0.2) is 4.98 Å². The molecular weight excluding hydrogens is 432 g/mol. The highest BCUT2D eigenvalue weighted by atomic mass is 35.5. The Morgan fingerprint density at radius 1 is 1.23 bits per heavy atom. The second-order valence-corrected chi connectivity index (χ2v) is 10.6. The number of aromatic nitrogens is 1. The van der Waals surface area contributed by atoms with E-state index in [-0.39, 0.29) is 18.6 Å². The first-order valence-corrected chi connectivity index (χ1v) is 12.4. The number of carbonyl (C=O) groups is 1. The molecule has 5 nitrogen and oxygen atoms in total. The lowest BCUT2D eigenvalue weighted by atomic mass is 9.84. The molecule has 2 aromatic rings. The SMILES string of the molecule is Cc1nc(C2CCC(N3CC(CC(=O)O)OCC3Cc3ccc(Cl)cc3)CC2)sc1C. The van der Waals surface area contributed by atoms with Crippen LogP contribution >= 0.6 is 22.9 Å². The predicted molar refractivity (Wildman–Crippen MR) is 124 cm³/mol. The van der Waals surface area contributed by atoms with Crippen LogP contribution in [0.5, 0.6) is 0 Å². The summed E-state index contributed by atoms with van der Waals surface area (Å²) >= 11 is 7.90. The van der Waals surface area contributed by atoms with Gasteiger partial charge >= 0.3 is 5.97 Å². The van der Waals surface area contributed by atoms with E-state index in [1.807, 2.05) is 23.5 Å². The number of morpholine rings is 1. The lowest BCUT2D eigenvalue weighted by molar-refractivity contribution is -0.145. The highest BCUT2D eigenvalue weighted by molar-refractivity contribution is 7.11. The molecule has 1 aromatic heterocycles. The number of aliphatic carboxylic acids is 1. The second-order valence-electron chi connectivity index (χ2n) is 8.93. The minimum absolute atomic E-state index is 0.0666. The molecule has 2 aliphatic rings. The van der Waals surface area contributed by atoms with Crippen LogP contribution in [0.25, 0.3) is 0 Å². The molecule has 1 aromatic carbocycles. The Bertz CT molecular complexity index is 873. The van der Waals surface area contributed by atoms with Crippen LogP contribution in [0.4, 0.5) is 0 Å². The Morgan fingerprint density at radius 3 is 2.55 bits per heavy atom. The molecule has 7 heteroatoms. The smallest absolute Gasteiger partial charge is 0.306 e. The molecule has 2 atom stereocenters. The molecule has 1 N–H and O–H groups in total. The molecule has 0 spiro atoms. The van der Waals surface area contributed by atoms with Crippen LogP contribution in [0.2, 0.25) is 5.02 Å². The number of rotatable bonds is 6. The van der Waals surface area contributed by atoms with Crippen molar-refractivity contribution in [3.63, 3.8) is 0 Å². The van der Waals surface area contributed by atoms with Crippen LogP contribution < -0.4 is 0 Å². The number of benzene rings is 1. The summed E-state index contributed by atoms with van der Waals surface area (Å²) in [6.07, 6.45) is 5.26. The molecule has 0 bridgehead atoms. The van der Waals surface area contributed by atoms with Gasteiger partial charge in [0.1, 0.15) is 0 Å². The van der Waals surface area contributed by atoms with Gasteiger partial charge < -0.3 is 9.84 Å². The summed E-state index contributed by atoms with van der Waals surface area (Å²) in [5, 5.41) is 11.3. The van der Waals surface area contributed by atoms with Crippen molar-refractivity contribution in [3.05, 3.63) is 50.4 Å². The van der Waals surface area contributed by atoms with Gasteiger partial charge in [0.25, 0.3) is 0 Å². The number of ether oxygens (including phenoxy) is 1. The van der Waals surface area contributed by atoms with Crippen molar-refractivity contribution in [2.45, 2.75) is 76.5 Å². The lowest BCUT2D eigenvalue weighted by Crippen LogP contribution is -2.55. The monoisotopic (exact) mass is 462 g/mol. The number of hydrogen-bond acceptors (Lipinski definition) is 5. The topological polar surface area (TPSA) is 62.7 Å². The fourth-order valence-corrected chi connectivity index (χ4v) is 6.16. The largest absolute Gasteiger partial charge is 0.481 e. The lowest BCUT2D eigenvalue weighted by Gasteiger charge is -2.46. The fourth-order valence-electron chi connectivity index (χ4n) is 4.94. The fraction of sp³-hybridized carbons (Fsp3) is 0.583. The molecule has 2 heterocycles. The Balaban J connectivity index is 1.44. The normalized spacial score (nSPS) is 27.3. The van der Waals surface area contributed by atoms with Gasteiger partial charge in [0.05, 0.1) is 29.8 Å². The molecule has 1 saturated carbocycles. The van der Waals surface area contributed by atoms with Crippen molar-refractivity contribution in [1.29, 1.82) is 0 Å². The first-order valence-electron chi connectivity index (χ1n) is 11.2. The maximum atomic E-state index is 11.3. The first kappa shape index (κ1) is 22.7. The van der Waals surface area contributed by atoms with E-state index >= 15 is 0 Å². The van der Waals surface area contributed by atoms with Crippen LogP contribution in [0.3, 0.4) is 0 Å². The average Bonchev–Trinajstić information content (AvgIpc) is 3.09. The molecule has 0 amide bonds. The standard InChI is InChI=1S/C24H31ClN2O3S/c1-15-16(2)31-24(26-15)18-5-9-20(10-6-18)27-13-22(12-23(28)29)30-14-21(27)11-17-3-7-19(25)8-4-17/h3-4,7-8,18,20-22H,5-6,9-14H2,1-2H3,(H,28,29).